The molecular weight excluding hydrogens is 324 g/mol. The van der Waals surface area contributed by atoms with Crippen molar-refractivity contribution in [3.8, 4) is 0 Å². The van der Waals surface area contributed by atoms with E-state index in [1.807, 2.05) is 25.7 Å². The van der Waals surface area contributed by atoms with Gasteiger partial charge in [0.25, 0.3) is 5.85 Å². The summed E-state index contributed by atoms with van der Waals surface area (Å²) in [7, 11) is 1.41. The maximum absolute atomic E-state index is 12.8. The molecule has 25 heavy (non-hydrogen) atoms. The smallest absolute Gasteiger partial charge is 0.370 e. The van der Waals surface area contributed by atoms with E-state index in [9.17, 15) is 9.59 Å². The van der Waals surface area contributed by atoms with Crippen molar-refractivity contribution in [2.45, 2.75) is 76.9 Å². The van der Waals surface area contributed by atoms with Crippen molar-refractivity contribution in [3.63, 3.8) is 0 Å². The van der Waals surface area contributed by atoms with Crippen LogP contribution in [0.2, 0.25) is 0 Å². The molecule has 2 aliphatic rings. The summed E-state index contributed by atoms with van der Waals surface area (Å²) in [5.41, 5.74) is 5.81. The molecule has 7 heteroatoms. The Kier molecular flexibility index (Phi) is 6.45. The van der Waals surface area contributed by atoms with Crippen LogP contribution in [0.4, 0.5) is 0 Å². The van der Waals surface area contributed by atoms with E-state index in [2.05, 4.69) is 0 Å². The normalized spacial score (nSPS) is 27.6. The minimum atomic E-state index is -1.56. The highest BCUT2D eigenvalue weighted by molar-refractivity contribution is 5.78. The van der Waals surface area contributed by atoms with Gasteiger partial charge in [-0.15, -0.1) is 0 Å². The molecule has 1 unspecified atom stereocenters. The van der Waals surface area contributed by atoms with E-state index in [0.29, 0.717) is 38.8 Å². The number of carbonyl (C=O) groups excluding carboxylic acids is 2. The fourth-order valence-corrected chi connectivity index (χ4v) is 3.49. The number of hydrogen-bond acceptors (Lipinski definition) is 7. The molecule has 1 saturated carbocycles. The molecule has 7 nitrogen and oxygen atoms in total. The predicted molar refractivity (Wildman–Crippen MR) is 92.4 cm³/mol. The zero-order chi connectivity index (χ0) is 18.7. The topological polar surface area (TPSA) is 91.1 Å². The Morgan fingerprint density at radius 3 is 2.08 bits per heavy atom. The van der Waals surface area contributed by atoms with E-state index in [1.54, 1.807) is 0 Å². The number of nitrogens with zero attached hydrogens (tertiary/aromatic N) is 1. The molecule has 0 aromatic rings. The van der Waals surface area contributed by atoms with Gasteiger partial charge in [0.15, 0.2) is 0 Å². The van der Waals surface area contributed by atoms with Gasteiger partial charge in [-0.25, -0.2) is 4.79 Å². The van der Waals surface area contributed by atoms with Gasteiger partial charge in [-0.05, 0) is 59.3 Å². The molecule has 1 heterocycles. The highest BCUT2D eigenvalue weighted by Gasteiger charge is 2.48. The lowest BCUT2D eigenvalue weighted by atomic mass is 9.87. The van der Waals surface area contributed by atoms with Crippen LogP contribution in [0.3, 0.4) is 0 Å². The summed E-state index contributed by atoms with van der Waals surface area (Å²) in [6.07, 6.45) is 4.52. The first-order valence-electron chi connectivity index (χ1n) is 9.19. The minimum absolute atomic E-state index is 0.0923. The lowest BCUT2D eigenvalue weighted by Crippen LogP contribution is -2.65. The average molecular weight is 356 g/mol. The van der Waals surface area contributed by atoms with Gasteiger partial charge in [-0.2, -0.15) is 0 Å². The first kappa shape index (κ1) is 20.1. The van der Waals surface area contributed by atoms with Gasteiger partial charge in [0.05, 0.1) is 19.1 Å². The number of nitrogens with two attached hydrogens (primary N) is 1. The van der Waals surface area contributed by atoms with Gasteiger partial charge >= 0.3 is 11.9 Å². The lowest BCUT2D eigenvalue weighted by molar-refractivity contribution is -0.225. The molecule has 0 bridgehead atoms. The quantitative estimate of drug-likeness (QED) is 0.593. The Balaban J connectivity index is 2.04. The fourth-order valence-electron chi connectivity index (χ4n) is 3.49. The number of rotatable bonds is 5. The Morgan fingerprint density at radius 2 is 1.60 bits per heavy atom. The molecule has 0 aromatic heterocycles. The highest BCUT2D eigenvalue weighted by atomic mass is 16.6. The van der Waals surface area contributed by atoms with Crippen LogP contribution in [0.25, 0.3) is 0 Å². The molecule has 1 atom stereocenters. The van der Waals surface area contributed by atoms with Crippen molar-refractivity contribution < 1.29 is 23.8 Å². The molecule has 1 aliphatic carbocycles. The molecule has 0 radical (unpaired) electrons. The molecule has 0 spiro atoms. The summed E-state index contributed by atoms with van der Waals surface area (Å²) in [6, 6.07) is 0. The zero-order valence-electron chi connectivity index (χ0n) is 15.9. The first-order chi connectivity index (χ1) is 11.7. The standard InChI is InChI=1S/C18H32N2O5/c1-17(2,3)25-16(22)18(19,20-11-5-6-12-20)24-14-9-7-13(8-10-14)15(21)23-4/h13-14H,5-12,19H2,1-4H3. The predicted octanol–water partition coefficient (Wildman–Crippen LogP) is 1.78. The van der Waals surface area contributed by atoms with Crippen molar-refractivity contribution in [1.29, 1.82) is 0 Å². The van der Waals surface area contributed by atoms with Crippen molar-refractivity contribution in [2.75, 3.05) is 20.2 Å². The second-order valence-electron chi connectivity index (χ2n) is 8.01. The Hall–Kier alpha value is -1.18. The second-order valence-corrected chi connectivity index (χ2v) is 8.01. The maximum atomic E-state index is 12.8. The van der Waals surface area contributed by atoms with E-state index in [0.717, 1.165) is 12.8 Å². The molecule has 144 valence electrons. The number of esters is 2. The first-order valence-corrected chi connectivity index (χ1v) is 9.19. The van der Waals surface area contributed by atoms with Crippen LogP contribution in [0.5, 0.6) is 0 Å². The summed E-state index contributed by atoms with van der Waals surface area (Å²) >= 11 is 0. The van der Waals surface area contributed by atoms with Crippen LogP contribution in [-0.4, -0.2) is 54.6 Å². The number of carbonyl (C=O) groups is 2. The minimum Gasteiger partial charge on any atom is -0.469 e. The lowest BCUT2D eigenvalue weighted by Gasteiger charge is -2.41. The van der Waals surface area contributed by atoms with E-state index in [-0.39, 0.29) is 18.0 Å². The maximum Gasteiger partial charge on any atom is 0.370 e. The highest BCUT2D eigenvalue weighted by Crippen LogP contribution is 2.31. The molecule has 2 rings (SSSR count). The third kappa shape index (κ3) is 5.15. The summed E-state index contributed by atoms with van der Waals surface area (Å²) < 4.78 is 16.5. The van der Waals surface area contributed by atoms with Gasteiger partial charge in [-0.3, -0.25) is 15.4 Å². The largest absolute Gasteiger partial charge is 0.469 e. The number of methoxy groups -OCH3 is 1. The molecule has 2 fully saturated rings. The SMILES string of the molecule is COC(=O)C1CCC(OC(N)(C(=O)OC(C)(C)C)N2CCCC2)CC1. The van der Waals surface area contributed by atoms with E-state index in [1.165, 1.54) is 7.11 Å². The van der Waals surface area contributed by atoms with Crippen LogP contribution >= 0.6 is 0 Å². The van der Waals surface area contributed by atoms with E-state index >= 15 is 0 Å². The monoisotopic (exact) mass is 356 g/mol. The number of hydrogen-bond donors (Lipinski definition) is 1. The van der Waals surface area contributed by atoms with Gasteiger partial charge in [0.2, 0.25) is 0 Å². The van der Waals surface area contributed by atoms with Crippen molar-refractivity contribution in [1.82, 2.24) is 4.90 Å². The van der Waals surface area contributed by atoms with Crippen molar-refractivity contribution in [2.24, 2.45) is 11.7 Å². The third-order valence-corrected chi connectivity index (χ3v) is 4.82. The van der Waals surface area contributed by atoms with Crippen LogP contribution in [0, 0.1) is 5.92 Å². The molecule has 2 N–H and O–H groups in total. The van der Waals surface area contributed by atoms with E-state index in [4.69, 9.17) is 19.9 Å². The zero-order valence-corrected chi connectivity index (χ0v) is 15.9. The molecule has 1 aliphatic heterocycles. The van der Waals surface area contributed by atoms with Crippen molar-refractivity contribution in [3.05, 3.63) is 0 Å². The second kappa shape index (κ2) is 8.01. The van der Waals surface area contributed by atoms with Crippen LogP contribution in [0.1, 0.15) is 59.3 Å². The average Bonchev–Trinajstić information content (AvgIpc) is 3.08. The van der Waals surface area contributed by atoms with Crippen molar-refractivity contribution >= 4 is 11.9 Å². The summed E-state index contributed by atoms with van der Waals surface area (Å²) in [4.78, 5) is 26.3. The van der Waals surface area contributed by atoms with E-state index < -0.39 is 17.4 Å². The Bertz CT molecular complexity index is 476. The van der Waals surface area contributed by atoms with Gasteiger partial charge in [0.1, 0.15) is 5.60 Å². The molecular formula is C18H32N2O5. The van der Waals surface area contributed by atoms with Gasteiger partial charge in [-0.1, -0.05) is 0 Å². The van der Waals surface area contributed by atoms with Crippen LogP contribution in [-0.2, 0) is 23.8 Å². The van der Waals surface area contributed by atoms with Crippen LogP contribution < -0.4 is 5.73 Å². The summed E-state index contributed by atoms with van der Waals surface area (Å²) in [5, 5.41) is 0. The van der Waals surface area contributed by atoms with Crippen LogP contribution in [0.15, 0.2) is 0 Å². The van der Waals surface area contributed by atoms with Gasteiger partial charge in [0, 0.05) is 13.1 Å². The summed E-state index contributed by atoms with van der Waals surface area (Å²) in [6.45, 7) is 6.88. The Labute approximate surface area is 150 Å². The summed E-state index contributed by atoms with van der Waals surface area (Å²) in [5.74, 6) is -2.38. The van der Waals surface area contributed by atoms with Gasteiger partial charge < -0.3 is 14.2 Å². The third-order valence-electron chi connectivity index (χ3n) is 4.82. The number of ether oxygens (including phenoxy) is 3. The fraction of sp³-hybridized carbons (Fsp3) is 0.889. The molecule has 0 amide bonds. The molecule has 0 aromatic carbocycles. The molecule has 1 saturated heterocycles. The number of likely N-dealkylation sites (tertiary alicyclic amines) is 1. The Morgan fingerprint density at radius 1 is 1.04 bits per heavy atom.